The van der Waals surface area contributed by atoms with Crippen molar-refractivity contribution in [3.8, 4) is 33.4 Å². The van der Waals surface area contributed by atoms with Crippen molar-refractivity contribution in [2.45, 2.75) is 32.1 Å². The summed E-state index contributed by atoms with van der Waals surface area (Å²) in [6.07, 6.45) is 6.57. The number of hydrogen-bond donors (Lipinski definition) is 0. The van der Waals surface area contributed by atoms with Gasteiger partial charge in [-0.15, -0.1) is 0 Å². The van der Waals surface area contributed by atoms with Gasteiger partial charge in [0.1, 0.15) is 0 Å². The summed E-state index contributed by atoms with van der Waals surface area (Å²) >= 11 is 0. The zero-order valence-electron chi connectivity index (χ0n) is 36.7. The molecule has 2 nitrogen and oxygen atoms in total. The molecule has 0 fully saturated rings. The van der Waals surface area contributed by atoms with E-state index in [9.17, 15) is 0 Å². The van der Waals surface area contributed by atoms with Gasteiger partial charge in [0, 0.05) is 34.0 Å². The van der Waals surface area contributed by atoms with E-state index in [2.05, 4.69) is 254 Å². The van der Waals surface area contributed by atoms with Gasteiger partial charge in [-0.2, -0.15) is 0 Å². The molecule has 2 heteroatoms. The molecule has 0 saturated carbocycles. The van der Waals surface area contributed by atoms with Crippen molar-refractivity contribution in [1.29, 1.82) is 0 Å². The Bertz CT molecular complexity index is 3210. The molecule has 310 valence electrons. The lowest BCUT2D eigenvalue weighted by Crippen LogP contribution is -2.29. The normalized spacial score (nSPS) is 13.9. The highest BCUT2D eigenvalue weighted by atomic mass is 15.2. The fraction of sp³-hybridized carbons (Fsp3) is 0.0794. The van der Waals surface area contributed by atoms with Gasteiger partial charge in [-0.3, -0.25) is 0 Å². The van der Waals surface area contributed by atoms with Crippen LogP contribution < -0.4 is 9.80 Å². The Morgan fingerprint density at radius 1 is 0.338 bits per heavy atom. The van der Waals surface area contributed by atoms with Crippen LogP contribution in [0, 0.1) is 13.8 Å². The number of benzene rings is 9. The average molecular weight is 833 g/mol. The zero-order valence-corrected chi connectivity index (χ0v) is 36.7. The first-order chi connectivity index (χ1) is 32.1. The predicted octanol–water partition coefficient (Wildman–Crippen LogP) is 16.7. The number of anilines is 5. The van der Waals surface area contributed by atoms with Gasteiger partial charge in [0.05, 0.1) is 11.1 Å². The average Bonchev–Trinajstić information content (AvgIpc) is 3.62. The van der Waals surface area contributed by atoms with Crippen LogP contribution in [-0.4, -0.2) is 0 Å². The van der Waals surface area contributed by atoms with Crippen molar-refractivity contribution in [1.82, 2.24) is 0 Å². The van der Waals surface area contributed by atoms with Gasteiger partial charge >= 0.3 is 0 Å². The Morgan fingerprint density at radius 3 is 1.29 bits per heavy atom. The molecule has 65 heavy (non-hydrogen) atoms. The molecule has 1 spiro atoms. The highest BCUT2D eigenvalue weighted by molar-refractivity contribution is 6.01. The number of nitrogens with zero attached hydrogens (tertiary/aromatic N) is 2. The second kappa shape index (κ2) is 15.7. The molecule has 0 radical (unpaired) electrons. The maximum absolute atomic E-state index is 2.56. The molecule has 0 aromatic heterocycles. The van der Waals surface area contributed by atoms with Crippen LogP contribution in [0.3, 0.4) is 0 Å². The highest BCUT2D eigenvalue weighted by Crippen LogP contribution is 2.63. The minimum Gasteiger partial charge on any atom is -0.314 e. The first kappa shape index (κ1) is 38.7. The molecule has 9 aromatic rings. The lowest BCUT2D eigenvalue weighted by Gasteiger charge is -2.36. The quantitative estimate of drug-likeness (QED) is 0.158. The third kappa shape index (κ3) is 6.24. The second-order valence-electron chi connectivity index (χ2n) is 17.7. The number of hydrogen-bond acceptors (Lipinski definition) is 2. The number of rotatable bonds is 7. The fourth-order valence-corrected chi connectivity index (χ4v) is 11.0. The van der Waals surface area contributed by atoms with Crippen LogP contribution in [-0.2, 0) is 5.41 Å². The summed E-state index contributed by atoms with van der Waals surface area (Å²) < 4.78 is 0. The van der Waals surface area contributed by atoms with Crippen LogP contribution >= 0.6 is 0 Å². The Labute approximate surface area is 382 Å². The van der Waals surface area contributed by atoms with E-state index in [-0.39, 0.29) is 0 Å². The molecule has 0 unspecified atom stereocenters. The van der Waals surface area contributed by atoms with Gasteiger partial charge in [0.15, 0.2) is 0 Å². The molecule has 3 aliphatic carbocycles. The zero-order chi connectivity index (χ0) is 43.5. The Balaban J connectivity index is 1.09. The third-order valence-corrected chi connectivity index (χ3v) is 14.0. The molecule has 0 aliphatic heterocycles. The standard InChI is InChI=1S/C63H48N2/c1-43-27-33-47(34-28-43)64(48-35-29-44(2)30-36-48)49-39-41-51(42-40-49)65(50-37-31-46(32-38-50)45-15-4-3-5-16-45)61-26-14-25-60-62(61)56-21-10-13-24-59(56)63(60)57-22-11-8-19-54(57)52-17-6-7-18-53(52)55-20-9-12-23-58(55)63/h3-31,33-37,39-42H,32,38H2,1-2H3. The molecule has 9 aromatic carbocycles. The lowest BCUT2D eigenvalue weighted by atomic mass is 9.66. The SMILES string of the molecule is Cc1ccc(N(c2ccc(C)cc2)c2ccc(N(C3=CC=C(c4ccccc4)CC3)c3cccc4c3-c3ccccc3C43c4ccccc4-c4ccccc4-c4ccccc43)cc2)cc1. The van der Waals surface area contributed by atoms with Gasteiger partial charge in [0.2, 0.25) is 0 Å². The van der Waals surface area contributed by atoms with Crippen LogP contribution in [0.4, 0.5) is 28.4 Å². The topological polar surface area (TPSA) is 6.48 Å². The summed E-state index contributed by atoms with van der Waals surface area (Å²) in [5, 5.41) is 0. The summed E-state index contributed by atoms with van der Waals surface area (Å²) in [5.41, 5.74) is 24.5. The van der Waals surface area contributed by atoms with E-state index in [1.54, 1.807) is 0 Å². The molecular formula is C63H48N2. The smallest absolute Gasteiger partial charge is 0.0726 e. The van der Waals surface area contributed by atoms with Crippen molar-refractivity contribution < 1.29 is 0 Å². The highest BCUT2D eigenvalue weighted by Gasteiger charge is 2.50. The predicted molar refractivity (Wildman–Crippen MR) is 273 cm³/mol. The Hall–Kier alpha value is -7.94. The van der Waals surface area contributed by atoms with Gasteiger partial charge in [0.25, 0.3) is 0 Å². The third-order valence-electron chi connectivity index (χ3n) is 14.0. The molecule has 0 amide bonds. The molecule has 12 rings (SSSR count). The van der Waals surface area contributed by atoms with Crippen molar-refractivity contribution in [2.75, 3.05) is 9.80 Å². The fourth-order valence-electron chi connectivity index (χ4n) is 11.0. The number of fused-ring (bicyclic) bond motifs is 12. The molecule has 0 bridgehead atoms. The maximum Gasteiger partial charge on any atom is 0.0726 e. The number of aryl methyl sites for hydroxylation is 2. The Morgan fingerprint density at radius 2 is 0.769 bits per heavy atom. The van der Waals surface area contributed by atoms with Crippen LogP contribution in [0.2, 0.25) is 0 Å². The van der Waals surface area contributed by atoms with E-state index in [1.165, 1.54) is 89.3 Å². The first-order valence-corrected chi connectivity index (χ1v) is 22.9. The molecule has 3 aliphatic rings. The molecular weight excluding hydrogens is 785 g/mol. The van der Waals surface area contributed by atoms with Crippen molar-refractivity contribution in [2.24, 2.45) is 0 Å². The van der Waals surface area contributed by atoms with Crippen LogP contribution in [0.25, 0.3) is 39.0 Å². The van der Waals surface area contributed by atoms with Crippen LogP contribution in [0.15, 0.2) is 236 Å². The summed E-state index contributed by atoms with van der Waals surface area (Å²) in [6, 6.07) is 81.3. The van der Waals surface area contributed by atoms with E-state index < -0.39 is 5.41 Å². The summed E-state index contributed by atoms with van der Waals surface area (Å²) in [7, 11) is 0. The molecule has 0 atom stereocenters. The number of allylic oxidation sites excluding steroid dienone is 4. The summed E-state index contributed by atoms with van der Waals surface area (Å²) in [6.45, 7) is 4.29. The van der Waals surface area contributed by atoms with Gasteiger partial charge in [-0.05, 0) is 149 Å². The van der Waals surface area contributed by atoms with Crippen LogP contribution in [0.5, 0.6) is 0 Å². The van der Waals surface area contributed by atoms with E-state index >= 15 is 0 Å². The van der Waals surface area contributed by atoms with Crippen molar-refractivity contribution >= 4 is 34.0 Å². The van der Waals surface area contributed by atoms with E-state index in [4.69, 9.17) is 0 Å². The Kier molecular flexibility index (Phi) is 9.35. The molecule has 0 saturated heterocycles. The molecule has 0 N–H and O–H groups in total. The molecule has 0 heterocycles. The van der Waals surface area contributed by atoms with E-state index in [0.29, 0.717) is 0 Å². The minimum absolute atomic E-state index is 0.562. The lowest BCUT2D eigenvalue weighted by molar-refractivity contribution is 0.775. The largest absolute Gasteiger partial charge is 0.314 e. The van der Waals surface area contributed by atoms with E-state index in [1.807, 2.05) is 0 Å². The summed E-state index contributed by atoms with van der Waals surface area (Å²) in [5.74, 6) is 0. The van der Waals surface area contributed by atoms with E-state index in [0.717, 1.165) is 35.6 Å². The monoisotopic (exact) mass is 832 g/mol. The van der Waals surface area contributed by atoms with Gasteiger partial charge in [-0.1, -0.05) is 181 Å². The summed E-state index contributed by atoms with van der Waals surface area (Å²) in [4.78, 5) is 4.92. The van der Waals surface area contributed by atoms with Crippen molar-refractivity contribution in [3.05, 3.63) is 275 Å². The van der Waals surface area contributed by atoms with Gasteiger partial charge in [-0.25, -0.2) is 0 Å². The van der Waals surface area contributed by atoms with Gasteiger partial charge < -0.3 is 9.80 Å². The van der Waals surface area contributed by atoms with Crippen LogP contribution in [0.1, 0.15) is 51.8 Å². The second-order valence-corrected chi connectivity index (χ2v) is 17.7. The first-order valence-electron chi connectivity index (χ1n) is 22.9. The maximum atomic E-state index is 2.56. The minimum atomic E-state index is -0.562. The van der Waals surface area contributed by atoms with Crippen molar-refractivity contribution in [3.63, 3.8) is 0 Å².